The molecule has 0 spiro atoms. The molecule has 44 heavy (non-hydrogen) atoms. The van der Waals surface area contributed by atoms with Crippen LogP contribution < -0.4 is 25.2 Å². The largest absolute Gasteiger partial charge is 0.494 e. The van der Waals surface area contributed by atoms with Gasteiger partial charge in [-0.3, -0.25) is 9.69 Å². The summed E-state index contributed by atoms with van der Waals surface area (Å²) < 4.78 is 52.3. The summed E-state index contributed by atoms with van der Waals surface area (Å²) in [5.41, 5.74) is 2.14. The molecular formula is C29H37F3N8O4. The summed E-state index contributed by atoms with van der Waals surface area (Å²) in [5.74, 6) is 0.431. The predicted molar refractivity (Wildman–Crippen MR) is 160 cm³/mol. The molecule has 2 fully saturated rings. The van der Waals surface area contributed by atoms with Gasteiger partial charge in [-0.05, 0) is 39.0 Å². The van der Waals surface area contributed by atoms with Gasteiger partial charge in [0.1, 0.15) is 17.6 Å². The molecule has 0 unspecified atom stereocenters. The van der Waals surface area contributed by atoms with Gasteiger partial charge >= 0.3 is 12.2 Å². The molecule has 0 radical (unpaired) electrons. The number of halogens is 3. The highest BCUT2D eigenvalue weighted by molar-refractivity contribution is 6.02. The van der Waals surface area contributed by atoms with Gasteiger partial charge in [0.15, 0.2) is 0 Å². The first-order chi connectivity index (χ1) is 21.0. The standard InChI is InChI=1S/C29H37F3N8O4/c1-5-25(41)34-21-14-22(24(43-4)15-23(21)38-10-8-37(3)9-11-38)35-27-33-16-19-17-39(18(2)29(30,31)32)28(42)40(26(19)36-27)20-6-12-44-13-7-20/h5,14-16,18,20H,1,6-13,17H2,2-4H3,(H,34,41)(H,33,35,36)/t18-/m0/s1. The predicted octanol–water partition coefficient (Wildman–Crippen LogP) is 3.98. The summed E-state index contributed by atoms with van der Waals surface area (Å²) in [6.07, 6.45) is -1.06. The number of amides is 3. The smallest absolute Gasteiger partial charge is 0.408 e. The Hall–Kier alpha value is -4.11. The number of nitrogens with zero attached hydrogens (tertiary/aromatic N) is 6. The zero-order chi connectivity index (χ0) is 31.6. The third kappa shape index (κ3) is 6.53. The lowest BCUT2D eigenvalue weighted by Gasteiger charge is -2.43. The third-order valence-corrected chi connectivity index (χ3v) is 8.21. The van der Waals surface area contributed by atoms with E-state index < -0.39 is 18.2 Å². The van der Waals surface area contributed by atoms with Crippen LogP contribution in [0.15, 0.2) is 31.0 Å². The summed E-state index contributed by atoms with van der Waals surface area (Å²) in [4.78, 5) is 41.5. The molecule has 1 aromatic heterocycles. The Morgan fingerprint density at radius 1 is 1.18 bits per heavy atom. The molecule has 2 aromatic rings. The number of carbonyl (C=O) groups is 2. The molecule has 1 atom stereocenters. The number of ether oxygens (including phenoxy) is 2. The minimum absolute atomic E-state index is 0.109. The summed E-state index contributed by atoms with van der Waals surface area (Å²) in [5, 5.41) is 6.00. The van der Waals surface area contributed by atoms with Crippen LogP contribution in [-0.2, 0) is 16.1 Å². The quantitative estimate of drug-likeness (QED) is 0.424. The minimum Gasteiger partial charge on any atom is -0.494 e. The minimum atomic E-state index is -4.59. The Balaban J connectivity index is 1.51. The lowest BCUT2D eigenvalue weighted by Crippen LogP contribution is -2.58. The Morgan fingerprint density at radius 2 is 1.89 bits per heavy atom. The Bertz CT molecular complexity index is 1390. The molecule has 238 valence electrons. The van der Waals surface area contributed by atoms with E-state index >= 15 is 0 Å². The van der Waals surface area contributed by atoms with Crippen molar-refractivity contribution in [2.45, 2.75) is 44.6 Å². The molecule has 12 nitrogen and oxygen atoms in total. The van der Waals surface area contributed by atoms with Gasteiger partial charge in [0.2, 0.25) is 11.9 Å². The van der Waals surface area contributed by atoms with Crippen LogP contribution in [0, 0.1) is 0 Å². The lowest BCUT2D eigenvalue weighted by atomic mass is 10.0. The second kappa shape index (κ2) is 12.9. The number of hydrogen-bond donors (Lipinski definition) is 2. The van der Waals surface area contributed by atoms with Crippen LogP contribution in [0.2, 0.25) is 0 Å². The van der Waals surface area contributed by atoms with E-state index in [1.54, 1.807) is 6.07 Å². The van der Waals surface area contributed by atoms with E-state index in [4.69, 9.17) is 9.47 Å². The average Bonchev–Trinajstić information content (AvgIpc) is 3.01. The number of nitrogens with one attached hydrogen (secondary N) is 2. The van der Waals surface area contributed by atoms with Crippen LogP contribution in [0.1, 0.15) is 25.3 Å². The molecule has 1 aromatic carbocycles. The molecule has 4 heterocycles. The van der Waals surface area contributed by atoms with Crippen LogP contribution >= 0.6 is 0 Å². The molecule has 2 saturated heterocycles. The monoisotopic (exact) mass is 618 g/mol. The number of hydrogen-bond acceptors (Lipinski definition) is 9. The van der Waals surface area contributed by atoms with Crippen molar-refractivity contribution < 1.29 is 32.2 Å². The number of aromatic nitrogens is 2. The number of alkyl halides is 3. The van der Waals surface area contributed by atoms with Gasteiger partial charge in [-0.25, -0.2) is 9.78 Å². The number of rotatable bonds is 8. The van der Waals surface area contributed by atoms with Gasteiger partial charge in [0, 0.05) is 63.3 Å². The van der Waals surface area contributed by atoms with Crippen molar-refractivity contribution in [3.05, 3.63) is 36.5 Å². The molecule has 3 amide bonds. The first-order valence-electron chi connectivity index (χ1n) is 14.5. The highest BCUT2D eigenvalue weighted by Crippen LogP contribution is 2.40. The van der Waals surface area contributed by atoms with Crippen molar-refractivity contribution in [1.82, 2.24) is 19.8 Å². The zero-order valence-corrected chi connectivity index (χ0v) is 25.0. The number of fused-ring (bicyclic) bond motifs is 1. The number of carbonyl (C=O) groups excluding carboxylic acids is 2. The molecule has 0 saturated carbocycles. The van der Waals surface area contributed by atoms with Crippen molar-refractivity contribution in [2.75, 3.05) is 74.0 Å². The summed E-state index contributed by atoms with van der Waals surface area (Å²) >= 11 is 0. The van der Waals surface area contributed by atoms with Gasteiger partial charge in [0.05, 0.1) is 30.7 Å². The fourth-order valence-corrected chi connectivity index (χ4v) is 5.56. The molecule has 2 N–H and O–H groups in total. The van der Waals surface area contributed by atoms with Crippen LogP contribution in [0.5, 0.6) is 5.75 Å². The molecular weight excluding hydrogens is 581 g/mol. The van der Waals surface area contributed by atoms with Crippen molar-refractivity contribution >= 4 is 40.8 Å². The van der Waals surface area contributed by atoms with E-state index in [9.17, 15) is 22.8 Å². The van der Waals surface area contributed by atoms with E-state index in [0.29, 0.717) is 48.7 Å². The Kier molecular flexibility index (Phi) is 9.15. The first-order valence-corrected chi connectivity index (χ1v) is 14.5. The maximum absolute atomic E-state index is 13.7. The number of anilines is 5. The van der Waals surface area contributed by atoms with Crippen molar-refractivity contribution in [1.29, 1.82) is 0 Å². The summed E-state index contributed by atoms with van der Waals surface area (Å²) in [6, 6.07) is 0.390. The van der Waals surface area contributed by atoms with Crippen LogP contribution in [0.25, 0.3) is 0 Å². The van der Waals surface area contributed by atoms with Crippen LogP contribution in [0.3, 0.4) is 0 Å². The fourth-order valence-electron chi connectivity index (χ4n) is 5.56. The molecule has 0 aliphatic carbocycles. The van der Waals surface area contributed by atoms with Gasteiger partial charge in [-0.1, -0.05) is 6.58 Å². The van der Waals surface area contributed by atoms with E-state index in [1.807, 2.05) is 6.07 Å². The van der Waals surface area contributed by atoms with Crippen molar-refractivity contribution in [2.24, 2.45) is 0 Å². The maximum atomic E-state index is 13.7. The SMILES string of the molecule is C=CC(=O)Nc1cc(Nc2ncc3c(n2)N(C2CCOCC2)C(=O)N([C@@H](C)C(F)(F)F)C3)c(OC)cc1N1CCN(C)CC1. The van der Waals surface area contributed by atoms with E-state index in [1.165, 1.54) is 24.3 Å². The normalized spacial score (nSPS) is 19.0. The highest BCUT2D eigenvalue weighted by Gasteiger charge is 2.47. The van der Waals surface area contributed by atoms with E-state index in [2.05, 4.69) is 44.0 Å². The molecule has 0 bridgehead atoms. The van der Waals surface area contributed by atoms with E-state index in [-0.39, 0.29) is 30.3 Å². The van der Waals surface area contributed by atoms with Crippen LogP contribution in [-0.4, -0.2) is 104 Å². The summed E-state index contributed by atoms with van der Waals surface area (Å²) in [7, 11) is 3.57. The zero-order valence-electron chi connectivity index (χ0n) is 25.0. The number of piperazine rings is 1. The number of urea groups is 1. The van der Waals surface area contributed by atoms with Gasteiger partial charge in [-0.15, -0.1) is 0 Å². The average molecular weight is 619 g/mol. The third-order valence-electron chi connectivity index (χ3n) is 8.21. The van der Waals surface area contributed by atoms with E-state index in [0.717, 1.165) is 43.7 Å². The second-order valence-electron chi connectivity index (χ2n) is 11.1. The van der Waals surface area contributed by atoms with Crippen molar-refractivity contribution in [3.8, 4) is 5.75 Å². The summed E-state index contributed by atoms with van der Waals surface area (Å²) in [6.45, 7) is 8.20. The van der Waals surface area contributed by atoms with Gasteiger partial charge < -0.3 is 34.8 Å². The molecule has 3 aliphatic rings. The second-order valence-corrected chi connectivity index (χ2v) is 11.1. The van der Waals surface area contributed by atoms with Crippen LogP contribution in [0.4, 0.5) is 46.8 Å². The lowest BCUT2D eigenvalue weighted by molar-refractivity contribution is -0.172. The Labute approximate surface area is 253 Å². The highest BCUT2D eigenvalue weighted by atomic mass is 19.4. The molecule has 5 rings (SSSR count). The fraction of sp³-hybridized carbons (Fsp3) is 0.517. The van der Waals surface area contributed by atoms with Gasteiger partial charge in [0.25, 0.3) is 0 Å². The first kappa shape index (κ1) is 31.3. The van der Waals surface area contributed by atoms with Gasteiger partial charge in [-0.2, -0.15) is 18.2 Å². The number of benzene rings is 1. The van der Waals surface area contributed by atoms with Crippen molar-refractivity contribution in [3.63, 3.8) is 0 Å². The number of likely N-dealkylation sites (N-methyl/N-ethyl adjacent to an activating group) is 1. The maximum Gasteiger partial charge on any atom is 0.408 e. The Morgan fingerprint density at radius 3 is 2.52 bits per heavy atom. The number of methoxy groups -OCH3 is 1. The topological polar surface area (TPSA) is 115 Å². The molecule has 3 aliphatic heterocycles. The molecule has 15 heteroatoms.